The maximum Gasteiger partial charge on any atom is 0.305 e. The van der Waals surface area contributed by atoms with Gasteiger partial charge in [0.1, 0.15) is 0 Å². The molecule has 1 aromatic heterocycles. The quantitative estimate of drug-likeness (QED) is 0.742. The van der Waals surface area contributed by atoms with Crippen LogP contribution in [0.1, 0.15) is 23.6 Å². The molecule has 0 saturated carbocycles. The van der Waals surface area contributed by atoms with Gasteiger partial charge in [0.2, 0.25) is 6.41 Å². The van der Waals surface area contributed by atoms with Crippen molar-refractivity contribution in [1.29, 1.82) is 0 Å². The largest absolute Gasteiger partial charge is 0.481 e. The summed E-state index contributed by atoms with van der Waals surface area (Å²) < 4.78 is 1.71. The van der Waals surface area contributed by atoms with E-state index < -0.39 is 12.0 Å². The van der Waals surface area contributed by atoms with Gasteiger partial charge in [-0.3, -0.25) is 14.3 Å². The van der Waals surface area contributed by atoms with Crippen LogP contribution in [0.2, 0.25) is 0 Å². The minimum Gasteiger partial charge on any atom is -0.481 e. The van der Waals surface area contributed by atoms with Crippen molar-refractivity contribution in [3.63, 3.8) is 0 Å². The third-order valence-electron chi connectivity index (χ3n) is 2.89. The molecule has 1 heterocycles. The highest BCUT2D eigenvalue weighted by Crippen LogP contribution is 2.16. The lowest BCUT2D eigenvalue weighted by Crippen LogP contribution is -2.22. The number of aromatic nitrogens is 2. The zero-order valence-corrected chi connectivity index (χ0v) is 10.8. The molecule has 104 valence electrons. The number of carbonyl (C=O) groups is 2. The van der Waals surface area contributed by atoms with Crippen LogP contribution in [0.25, 0.3) is 0 Å². The van der Waals surface area contributed by atoms with Gasteiger partial charge in [-0.25, -0.2) is 0 Å². The Kier molecular flexibility index (Phi) is 4.49. The molecule has 0 fully saturated rings. The van der Waals surface area contributed by atoms with E-state index in [2.05, 4.69) is 10.4 Å². The fourth-order valence-electron chi connectivity index (χ4n) is 1.95. The molecule has 2 N–H and O–H groups in total. The molecule has 0 bridgehead atoms. The van der Waals surface area contributed by atoms with E-state index in [-0.39, 0.29) is 6.42 Å². The Balaban J connectivity index is 2.10. The lowest BCUT2D eigenvalue weighted by atomic mass is 10.1. The number of carboxylic acids is 1. The first-order valence-electron chi connectivity index (χ1n) is 6.17. The van der Waals surface area contributed by atoms with E-state index in [0.29, 0.717) is 18.5 Å². The molecular formula is C14H15N3O3. The molecule has 0 unspecified atom stereocenters. The molecule has 20 heavy (non-hydrogen) atoms. The van der Waals surface area contributed by atoms with Gasteiger partial charge in [0.05, 0.1) is 25.2 Å². The van der Waals surface area contributed by atoms with Crippen LogP contribution in [0, 0.1) is 0 Å². The minimum absolute atomic E-state index is 0.171. The number of nitrogens with one attached hydrogen (secondary N) is 1. The molecule has 1 amide bonds. The number of nitrogens with zero attached hydrogens (tertiary/aromatic N) is 2. The van der Waals surface area contributed by atoms with E-state index in [1.54, 1.807) is 17.1 Å². The molecule has 0 aliphatic rings. The van der Waals surface area contributed by atoms with E-state index in [9.17, 15) is 9.59 Å². The van der Waals surface area contributed by atoms with Crippen LogP contribution in [-0.4, -0.2) is 27.3 Å². The Hall–Kier alpha value is -2.63. The number of aliphatic carboxylic acids is 1. The summed E-state index contributed by atoms with van der Waals surface area (Å²) in [5.41, 5.74) is 1.77. The van der Waals surface area contributed by atoms with Crippen LogP contribution >= 0.6 is 0 Å². The number of hydrogen-bond acceptors (Lipinski definition) is 3. The standard InChI is InChI=1S/C14H15N3O3/c18-10-15-13(6-14(19)20)12-7-16-17(9-12)8-11-4-2-1-3-5-11/h1-5,7,9-10,13H,6,8H2,(H,15,18)(H,19,20)/t13-/m1/s1. The summed E-state index contributed by atoms with van der Waals surface area (Å²) in [5, 5.41) is 15.5. The van der Waals surface area contributed by atoms with Gasteiger partial charge in [-0.1, -0.05) is 30.3 Å². The molecule has 6 nitrogen and oxygen atoms in total. The number of benzene rings is 1. The molecular weight excluding hydrogens is 258 g/mol. The number of rotatable bonds is 7. The first-order chi connectivity index (χ1) is 9.69. The number of hydrogen-bond donors (Lipinski definition) is 2. The maximum atomic E-state index is 10.8. The number of carbonyl (C=O) groups excluding carboxylic acids is 1. The SMILES string of the molecule is O=CN[C@H](CC(=O)O)c1cnn(Cc2ccccc2)c1. The average molecular weight is 273 g/mol. The smallest absolute Gasteiger partial charge is 0.305 e. The summed E-state index contributed by atoms with van der Waals surface area (Å²) in [6, 6.07) is 9.24. The molecule has 0 radical (unpaired) electrons. The fourth-order valence-corrected chi connectivity index (χ4v) is 1.95. The summed E-state index contributed by atoms with van der Waals surface area (Å²) in [6.45, 7) is 0.599. The molecule has 1 aromatic carbocycles. The van der Waals surface area contributed by atoms with Crippen molar-refractivity contribution in [2.75, 3.05) is 0 Å². The van der Waals surface area contributed by atoms with Gasteiger partial charge in [-0.05, 0) is 5.56 Å². The van der Waals surface area contributed by atoms with Crippen molar-refractivity contribution < 1.29 is 14.7 Å². The highest BCUT2D eigenvalue weighted by Gasteiger charge is 2.16. The normalized spacial score (nSPS) is 11.8. The highest BCUT2D eigenvalue weighted by atomic mass is 16.4. The molecule has 0 aliphatic heterocycles. The van der Waals surface area contributed by atoms with Gasteiger partial charge in [0, 0.05) is 11.8 Å². The van der Waals surface area contributed by atoms with Crippen molar-refractivity contribution in [2.45, 2.75) is 19.0 Å². The molecule has 0 spiro atoms. The molecule has 2 aromatic rings. The Morgan fingerprint density at radius 3 is 2.80 bits per heavy atom. The predicted molar refractivity (Wildman–Crippen MR) is 72.0 cm³/mol. The van der Waals surface area contributed by atoms with Gasteiger partial charge in [0.15, 0.2) is 0 Å². The van der Waals surface area contributed by atoms with Gasteiger partial charge in [-0.15, -0.1) is 0 Å². The van der Waals surface area contributed by atoms with Crippen LogP contribution in [0.15, 0.2) is 42.7 Å². The van der Waals surface area contributed by atoms with E-state index >= 15 is 0 Å². The fraction of sp³-hybridized carbons (Fsp3) is 0.214. The summed E-state index contributed by atoms with van der Waals surface area (Å²) in [4.78, 5) is 21.3. The van der Waals surface area contributed by atoms with Crippen LogP contribution < -0.4 is 5.32 Å². The van der Waals surface area contributed by atoms with Crippen LogP contribution in [0.5, 0.6) is 0 Å². The summed E-state index contributed by atoms with van der Waals surface area (Å²) in [7, 11) is 0. The van der Waals surface area contributed by atoms with Crippen molar-refractivity contribution in [3.8, 4) is 0 Å². The zero-order valence-electron chi connectivity index (χ0n) is 10.8. The van der Waals surface area contributed by atoms with Gasteiger partial charge < -0.3 is 10.4 Å². The summed E-state index contributed by atoms with van der Waals surface area (Å²) in [5.74, 6) is -0.972. The first kappa shape index (κ1) is 13.8. The molecule has 1 atom stereocenters. The maximum absolute atomic E-state index is 10.8. The van der Waals surface area contributed by atoms with E-state index in [4.69, 9.17) is 5.11 Å². The van der Waals surface area contributed by atoms with Crippen molar-refractivity contribution in [1.82, 2.24) is 15.1 Å². The van der Waals surface area contributed by atoms with E-state index in [1.165, 1.54) is 0 Å². The second kappa shape index (κ2) is 6.51. The third kappa shape index (κ3) is 3.68. The van der Waals surface area contributed by atoms with Crippen LogP contribution in [0.4, 0.5) is 0 Å². The Bertz CT molecular complexity index is 580. The van der Waals surface area contributed by atoms with Gasteiger partial charge >= 0.3 is 5.97 Å². The lowest BCUT2D eigenvalue weighted by molar-refractivity contribution is -0.137. The predicted octanol–water partition coefficient (Wildman–Crippen LogP) is 1.19. The topological polar surface area (TPSA) is 84.2 Å². The second-order valence-electron chi connectivity index (χ2n) is 4.39. The van der Waals surface area contributed by atoms with Crippen LogP contribution in [0.3, 0.4) is 0 Å². The van der Waals surface area contributed by atoms with Crippen LogP contribution in [-0.2, 0) is 16.1 Å². The Morgan fingerprint density at radius 1 is 1.40 bits per heavy atom. The monoisotopic (exact) mass is 273 g/mol. The second-order valence-corrected chi connectivity index (χ2v) is 4.39. The van der Waals surface area contributed by atoms with Crippen molar-refractivity contribution >= 4 is 12.4 Å². The Morgan fingerprint density at radius 2 is 2.15 bits per heavy atom. The number of amides is 1. The van der Waals surface area contributed by atoms with Crippen molar-refractivity contribution in [2.24, 2.45) is 0 Å². The third-order valence-corrected chi connectivity index (χ3v) is 2.89. The molecule has 6 heteroatoms. The Labute approximate surface area is 116 Å². The van der Waals surface area contributed by atoms with Gasteiger partial charge in [0.25, 0.3) is 0 Å². The number of carboxylic acid groups (broad SMARTS) is 1. The first-order valence-corrected chi connectivity index (χ1v) is 6.17. The zero-order chi connectivity index (χ0) is 14.4. The molecule has 0 saturated heterocycles. The van der Waals surface area contributed by atoms with Gasteiger partial charge in [-0.2, -0.15) is 5.10 Å². The lowest BCUT2D eigenvalue weighted by Gasteiger charge is -2.11. The molecule has 2 rings (SSSR count). The highest BCUT2D eigenvalue weighted by molar-refractivity contribution is 5.68. The average Bonchev–Trinajstić information content (AvgIpc) is 2.87. The van der Waals surface area contributed by atoms with E-state index in [1.807, 2.05) is 30.3 Å². The molecule has 0 aliphatic carbocycles. The summed E-state index contributed by atoms with van der Waals surface area (Å²) >= 11 is 0. The van der Waals surface area contributed by atoms with Crippen molar-refractivity contribution in [3.05, 3.63) is 53.9 Å². The summed E-state index contributed by atoms with van der Waals surface area (Å²) in [6.07, 6.45) is 3.65. The minimum atomic E-state index is -0.972. The van der Waals surface area contributed by atoms with E-state index in [0.717, 1.165) is 5.56 Å².